The maximum absolute atomic E-state index is 5.83. The van der Waals surface area contributed by atoms with Crippen molar-refractivity contribution in [3.63, 3.8) is 0 Å². The van der Waals surface area contributed by atoms with E-state index < -0.39 is 0 Å². The molecule has 1 aromatic carbocycles. The second-order valence-corrected chi connectivity index (χ2v) is 5.86. The maximum Gasteiger partial charge on any atom is 0.119 e. The molecule has 2 rings (SSSR count). The Bertz CT molecular complexity index is 383. The molecule has 4 heteroatoms. The summed E-state index contributed by atoms with van der Waals surface area (Å²) in [4.78, 5) is 2.56. The Morgan fingerprint density at radius 2 is 1.90 bits per heavy atom. The summed E-state index contributed by atoms with van der Waals surface area (Å²) < 4.78 is 11.0. The lowest BCUT2D eigenvalue weighted by Crippen LogP contribution is -2.38. The smallest absolute Gasteiger partial charge is 0.119 e. The van der Waals surface area contributed by atoms with Gasteiger partial charge in [-0.1, -0.05) is 28.8 Å². The number of hydrogen-bond donors (Lipinski definition) is 0. The average molecular weight is 342 g/mol. The van der Waals surface area contributed by atoms with E-state index >= 15 is 0 Å². The first kappa shape index (κ1) is 15.6. The topological polar surface area (TPSA) is 21.7 Å². The summed E-state index contributed by atoms with van der Waals surface area (Å²) in [5.41, 5.74) is 0. The molecule has 0 aliphatic carbocycles. The minimum Gasteiger partial charge on any atom is -0.497 e. The van der Waals surface area contributed by atoms with Gasteiger partial charge in [0.1, 0.15) is 18.1 Å². The molecule has 3 nitrogen and oxygen atoms in total. The van der Waals surface area contributed by atoms with Crippen molar-refractivity contribution in [1.29, 1.82) is 0 Å². The van der Waals surface area contributed by atoms with Crippen molar-refractivity contribution >= 4 is 15.9 Å². The van der Waals surface area contributed by atoms with Gasteiger partial charge in [0.25, 0.3) is 0 Å². The van der Waals surface area contributed by atoms with Gasteiger partial charge in [-0.3, -0.25) is 4.90 Å². The number of halogens is 1. The molecule has 1 unspecified atom stereocenters. The molecule has 0 bridgehead atoms. The minimum absolute atomic E-state index is 0.664. The molecule has 0 spiro atoms. The summed E-state index contributed by atoms with van der Waals surface area (Å²) in [5.74, 6) is 1.78. The highest BCUT2D eigenvalue weighted by molar-refractivity contribution is 9.09. The minimum atomic E-state index is 0.664. The van der Waals surface area contributed by atoms with E-state index in [1.54, 1.807) is 7.11 Å². The molecule has 0 N–H and O–H groups in total. The van der Waals surface area contributed by atoms with Crippen LogP contribution in [0.25, 0.3) is 0 Å². The lowest BCUT2D eigenvalue weighted by molar-refractivity contribution is 0.173. The van der Waals surface area contributed by atoms with Crippen LogP contribution < -0.4 is 9.47 Å². The molecular weight excluding hydrogens is 318 g/mol. The van der Waals surface area contributed by atoms with Gasteiger partial charge in [-0.2, -0.15) is 0 Å². The summed E-state index contributed by atoms with van der Waals surface area (Å²) >= 11 is 3.64. The monoisotopic (exact) mass is 341 g/mol. The molecular formula is C16H24BrNO2. The third-order valence-electron chi connectivity index (χ3n) is 3.88. The van der Waals surface area contributed by atoms with Gasteiger partial charge < -0.3 is 9.47 Å². The summed E-state index contributed by atoms with van der Waals surface area (Å²) in [6.45, 7) is 2.94. The van der Waals surface area contributed by atoms with Gasteiger partial charge in [0, 0.05) is 17.9 Å². The molecule has 0 saturated carbocycles. The number of rotatable bonds is 6. The van der Waals surface area contributed by atoms with E-state index in [1.165, 1.54) is 32.2 Å². The molecule has 1 saturated heterocycles. The highest BCUT2D eigenvalue weighted by atomic mass is 79.9. The van der Waals surface area contributed by atoms with Gasteiger partial charge in [-0.25, -0.2) is 0 Å². The predicted octanol–water partition coefficient (Wildman–Crippen LogP) is 3.71. The Kier molecular flexibility index (Phi) is 6.67. The van der Waals surface area contributed by atoms with Crippen LogP contribution >= 0.6 is 15.9 Å². The van der Waals surface area contributed by atoms with E-state index in [1.807, 2.05) is 24.3 Å². The molecule has 0 aromatic heterocycles. The van der Waals surface area contributed by atoms with Crippen LogP contribution in [0.1, 0.15) is 25.7 Å². The van der Waals surface area contributed by atoms with Crippen LogP contribution in [-0.2, 0) is 0 Å². The highest BCUT2D eigenvalue weighted by Gasteiger charge is 2.19. The molecule has 1 aliphatic rings. The molecule has 1 heterocycles. The van der Waals surface area contributed by atoms with Gasteiger partial charge in [0.05, 0.1) is 7.11 Å². The zero-order valence-corrected chi connectivity index (χ0v) is 13.8. The van der Waals surface area contributed by atoms with Crippen LogP contribution in [0.2, 0.25) is 0 Å². The normalized spacial score (nSPS) is 20.4. The molecule has 20 heavy (non-hydrogen) atoms. The Hall–Kier alpha value is -0.740. The number of alkyl halides is 1. The van der Waals surface area contributed by atoms with Crippen molar-refractivity contribution < 1.29 is 9.47 Å². The second-order valence-electron chi connectivity index (χ2n) is 5.22. The van der Waals surface area contributed by atoms with E-state index in [0.717, 1.165) is 30.0 Å². The van der Waals surface area contributed by atoms with Gasteiger partial charge in [-0.05, 0) is 43.7 Å². The van der Waals surface area contributed by atoms with Crippen molar-refractivity contribution in [2.75, 3.05) is 32.1 Å². The summed E-state index contributed by atoms with van der Waals surface area (Å²) in [7, 11) is 1.68. The Morgan fingerprint density at radius 3 is 2.60 bits per heavy atom. The Balaban J connectivity index is 1.78. The number of methoxy groups -OCH3 is 1. The molecule has 0 amide bonds. The lowest BCUT2D eigenvalue weighted by Gasteiger charge is -2.28. The number of nitrogens with zero attached hydrogens (tertiary/aromatic N) is 1. The van der Waals surface area contributed by atoms with Crippen LogP contribution in [0.5, 0.6) is 11.5 Å². The Labute approximate surface area is 130 Å². The average Bonchev–Trinajstić information content (AvgIpc) is 2.73. The lowest BCUT2D eigenvalue weighted by atomic mass is 10.1. The first-order valence-corrected chi connectivity index (χ1v) is 8.52. The van der Waals surface area contributed by atoms with Crippen molar-refractivity contribution in [2.45, 2.75) is 31.7 Å². The van der Waals surface area contributed by atoms with E-state index in [4.69, 9.17) is 9.47 Å². The van der Waals surface area contributed by atoms with Crippen molar-refractivity contribution in [1.82, 2.24) is 4.90 Å². The number of hydrogen-bond acceptors (Lipinski definition) is 3. The summed E-state index contributed by atoms with van der Waals surface area (Å²) in [6, 6.07) is 8.45. The fourth-order valence-electron chi connectivity index (χ4n) is 2.66. The third-order valence-corrected chi connectivity index (χ3v) is 4.63. The summed E-state index contributed by atoms with van der Waals surface area (Å²) in [6.07, 6.45) is 5.32. The van der Waals surface area contributed by atoms with E-state index in [-0.39, 0.29) is 0 Å². The first-order valence-electron chi connectivity index (χ1n) is 7.40. The van der Waals surface area contributed by atoms with E-state index in [2.05, 4.69) is 20.8 Å². The third kappa shape index (κ3) is 4.67. The molecule has 1 fully saturated rings. The van der Waals surface area contributed by atoms with Crippen LogP contribution in [0.3, 0.4) is 0 Å². The van der Waals surface area contributed by atoms with Gasteiger partial charge in [0.15, 0.2) is 0 Å². The van der Waals surface area contributed by atoms with Gasteiger partial charge in [0.2, 0.25) is 0 Å². The van der Waals surface area contributed by atoms with Crippen molar-refractivity contribution in [3.8, 4) is 11.5 Å². The van der Waals surface area contributed by atoms with Crippen LogP contribution in [0, 0.1) is 0 Å². The van der Waals surface area contributed by atoms with Crippen molar-refractivity contribution in [2.24, 2.45) is 0 Å². The highest BCUT2D eigenvalue weighted by Crippen LogP contribution is 2.19. The number of likely N-dealkylation sites (tertiary alicyclic amines) is 1. The predicted molar refractivity (Wildman–Crippen MR) is 86.1 cm³/mol. The summed E-state index contributed by atoms with van der Waals surface area (Å²) in [5, 5.41) is 1.07. The molecule has 0 radical (unpaired) electrons. The fraction of sp³-hybridized carbons (Fsp3) is 0.625. The fourth-order valence-corrected chi connectivity index (χ4v) is 3.39. The molecule has 1 atom stereocenters. The Morgan fingerprint density at radius 1 is 1.15 bits per heavy atom. The number of benzene rings is 1. The standard InChI is InChI=1S/C16H24BrNO2/c1-19-15-6-8-16(9-7-15)20-12-11-18-10-4-2-3-5-14(18)13-17/h6-9,14H,2-5,10-13H2,1H3. The number of ether oxygens (including phenoxy) is 2. The maximum atomic E-state index is 5.83. The van der Waals surface area contributed by atoms with Crippen LogP contribution in [0.15, 0.2) is 24.3 Å². The molecule has 1 aromatic rings. The quantitative estimate of drug-likeness (QED) is 0.736. The zero-order chi connectivity index (χ0) is 14.2. The van der Waals surface area contributed by atoms with Crippen molar-refractivity contribution in [3.05, 3.63) is 24.3 Å². The first-order chi connectivity index (χ1) is 9.83. The van der Waals surface area contributed by atoms with E-state index in [9.17, 15) is 0 Å². The van der Waals surface area contributed by atoms with Crippen LogP contribution in [0.4, 0.5) is 0 Å². The van der Waals surface area contributed by atoms with Gasteiger partial charge >= 0.3 is 0 Å². The largest absolute Gasteiger partial charge is 0.497 e. The van der Waals surface area contributed by atoms with E-state index in [0.29, 0.717) is 6.04 Å². The van der Waals surface area contributed by atoms with Gasteiger partial charge in [-0.15, -0.1) is 0 Å². The molecule has 1 aliphatic heterocycles. The second kappa shape index (κ2) is 8.53. The zero-order valence-electron chi connectivity index (χ0n) is 12.2. The SMILES string of the molecule is COc1ccc(OCCN2CCCCCC2CBr)cc1. The molecule has 112 valence electrons. The van der Waals surface area contributed by atoms with Crippen LogP contribution in [-0.4, -0.2) is 43.1 Å².